The van der Waals surface area contributed by atoms with E-state index in [1.165, 1.54) is 13.1 Å². The molecule has 0 radical (unpaired) electrons. The molecule has 0 aliphatic carbocycles. The van der Waals surface area contributed by atoms with E-state index < -0.39 is 35.7 Å². The number of halogens is 1. The minimum absolute atomic E-state index is 0.247. The summed E-state index contributed by atoms with van der Waals surface area (Å²) in [4.78, 5) is 36.4. The van der Waals surface area contributed by atoms with Crippen molar-refractivity contribution in [2.75, 3.05) is 6.61 Å². The van der Waals surface area contributed by atoms with Gasteiger partial charge in [0.15, 0.2) is 6.23 Å². The minimum atomic E-state index is -0.867. The van der Waals surface area contributed by atoms with Crippen molar-refractivity contribution < 1.29 is 19.4 Å². The minimum Gasteiger partial charge on any atom is -0.458 e. The lowest BCUT2D eigenvalue weighted by Gasteiger charge is -2.20. The number of rotatable bonds is 3. The number of ether oxygens (including phenoxy) is 2. The molecule has 9 heteroatoms. The molecule has 2 rings (SSSR count). The molecule has 1 aliphatic heterocycles. The Hall–Kier alpha value is -1.20. The van der Waals surface area contributed by atoms with Gasteiger partial charge in [-0.2, -0.15) is 0 Å². The second-order valence-electron chi connectivity index (χ2n) is 4.36. The van der Waals surface area contributed by atoms with Gasteiger partial charge in [0, 0.05) is 19.5 Å². The zero-order chi connectivity index (χ0) is 14.9. The van der Waals surface area contributed by atoms with Crippen molar-refractivity contribution in [1.29, 1.82) is 0 Å². The molecule has 0 unspecified atom stereocenters. The first kappa shape index (κ1) is 15.2. The van der Waals surface area contributed by atoms with Gasteiger partial charge >= 0.3 is 11.7 Å². The number of aliphatic hydroxyl groups is 1. The summed E-state index contributed by atoms with van der Waals surface area (Å²) in [6, 6.07) is 0. The van der Waals surface area contributed by atoms with E-state index in [1.807, 2.05) is 0 Å². The van der Waals surface area contributed by atoms with E-state index >= 15 is 0 Å². The number of aromatic amines is 1. The number of carbonyl (C=O) groups excluding carboxylic acids is 1. The number of hydrogen-bond donors (Lipinski definition) is 2. The third kappa shape index (κ3) is 3.10. The molecule has 3 atom stereocenters. The fourth-order valence-corrected chi connectivity index (χ4v) is 2.48. The van der Waals surface area contributed by atoms with Crippen LogP contribution in [0.2, 0.25) is 0 Å². The van der Waals surface area contributed by atoms with Crippen LogP contribution in [0.1, 0.15) is 19.6 Å². The molecular formula is C11H13IN2O6. The average molecular weight is 396 g/mol. The molecule has 110 valence electrons. The Morgan fingerprint density at radius 3 is 2.95 bits per heavy atom. The predicted molar refractivity (Wildman–Crippen MR) is 75.2 cm³/mol. The fourth-order valence-electron chi connectivity index (χ4n) is 2.05. The Kier molecular flexibility index (Phi) is 4.60. The van der Waals surface area contributed by atoms with Crippen molar-refractivity contribution in [1.82, 2.24) is 9.55 Å². The quantitative estimate of drug-likeness (QED) is 0.519. The van der Waals surface area contributed by atoms with E-state index in [0.29, 0.717) is 3.57 Å². The molecule has 8 nitrogen and oxygen atoms in total. The van der Waals surface area contributed by atoms with Gasteiger partial charge in [0.1, 0.15) is 6.10 Å². The molecule has 0 spiro atoms. The summed E-state index contributed by atoms with van der Waals surface area (Å²) in [5.74, 6) is -0.505. The zero-order valence-electron chi connectivity index (χ0n) is 10.5. The highest BCUT2D eigenvalue weighted by atomic mass is 127. The first-order chi connectivity index (χ1) is 9.42. The number of hydrogen-bond acceptors (Lipinski definition) is 6. The summed E-state index contributed by atoms with van der Waals surface area (Å²) in [5, 5.41) is 9.14. The van der Waals surface area contributed by atoms with Crippen molar-refractivity contribution >= 4 is 28.6 Å². The smallest absolute Gasteiger partial charge is 0.330 e. The van der Waals surface area contributed by atoms with E-state index in [9.17, 15) is 14.4 Å². The normalized spacial score (nSPS) is 25.6. The van der Waals surface area contributed by atoms with Gasteiger partial charge in [-0.15, -0.1) is 0 Å². The number of H-pyrrole nitrogens is 1. The molecule has 0 aromatic carbocycles. The highest BCUT2D eigenvalue weighted by Crippen LogP contribution is 2.30. The second-order valence-corrected chi connectivity index (χ2v) is 5.52. The predicted octanol–water partition coefficient (Wildman–Crippen LogP) is -0.647. The number of esters is 1. The Bertz CT molecular complexity index is 624. The van der Waals surface area contributed by atoms with Crippen molar-refractivity contribution in [3.8, 4) is 0 Å². The standard InChI is InChI=1S/C11H13IN2O6/c1-5(16)19-8-2-6(4-15)20-10(8)14-3-7(12)9(17)13-11(14)18/h3,6,8,10,15H,2,4H2,1H3,(H,13,17,18)/t6-,8+,10+/m0/s1. The van der Waals surface area contributed by atoms with Crippen LogP contribution in [-0.2, 0) is 14.3 Å². The number of aromatic nitrogens is 2. The highest BCUT2D eigenvalue weighted by molar-refractivity contribution is 14.1. The van der Waals surface area contributed by atoms with Crippen molar-refractivity contribution in [3.63, 3.8) is 0 Å². The fraction of sp³-hybridized carbons (Fsp3) is 0.545. The molecule has 20 heavy (non-hydrogen) atoms. The maximum atomic E-state index is 11.8. The maximum Gasteiger partial charge on any atom is 0.330 e. The SMILES string of the molecule is CC(=O)O[C@@H]1C[C@@H](CO)O[C@H]1n1cc(I)c(=O)[nH]c1=O. The van der Waals surface area contributed by atoms with Crippen LogP contribution in [0, 0.1) is 3.57 Å². The van der Waals surface area contributed by atoms with Gasteiger partial charge in [-0.25, -0.2) is 4.79 Å². The monoisotopic (exact) mass is 396 g/mol. The average Bonchev–Trinajstić information content (AvgIpc) is 2.76. The van der Waals surface area contributed by atoms with E-state index in [1.54, 1.807) is 22.6 Å². The van der Waals surface area contributed by atoms with Gasteiger partial charge in [0.25, 0.3) is 5.56 Å². The molecule has 1 saturated heterocycles. The summed E-state index contributed by atoms with van der Waals surface area (Å²) in [6.45, 7) is 1.01. The zero-order valence-corrected chi connectivity index (χ0v) is 12.7. The van der Waals surface area contributed by atoms with Crippen LogP contribution >= 0.6 is 22.6 Å². The third-order valence-electron chi connectivity index (χ3n) is 2.86. The molecule has 2 N–H and O–H groups in total. The van der Waals surface area contributed by atoms with E-state index in [0.717, 1.165) is 4.57 Å². The van der Waals surface area contributed by atoms with Gasteiger partial charge in [-0.3, -0.25) is 19.1 Å². The Labute approximate surface area is 126 Å². The topological polar surface area (TPSA) is 111 Å². The van der Waals surface area contributed by atoms with Crippen molar-refractivity contribution in [2.24, 2.45) is 0 Å². The molecule has 0 bridgehead atoms. The van der Waals surface area contributed by atoms with Crippen LogP contribution in [0.5, 0.6) is 0 Å². The number of aliphatic hydroxyl groups excluding tert-OH is 1. The lowest BCUT2D eigenvalue weighted by molar-refractivity contribution is -0.152. The van der Waals surface area contributed by atoms with Crippen LogP contribution in [-0.4, -0.2) is 39.4 Å². The third-order valence-corrected chi connectivity index (χ3v) is 3.63. The van der Waals surface area contributed by atoms with Crippen LogP contribution in [0.4, 0.5) is 0 Å². The summed E-state index contributed by atoms with van der Waals surface area (Å²) >= 11 is 1.78. The summed E-state index contributed by atoms with van der Waals surface area (Å²) in [7, 11) is 0. The number of nitrogens with zero attached hydrogens (tertiary/aromatic N) is 1. The van der Waals surface area contributed by atoms with Gasteiger partial charge in [0.2, 0.25) is 0 Å². The number of nitrogens with one attached hydrogen (secondary N) is 1. The number of carbonyl (C=O) groups is 1. The molecule has 1 fully saturated rings. The molecule has 0 amide bonds. The van der Waals surface area contributed by atoms with Crippen molar-refractivity contribution in [2.45, 2.75) is 31.8 Å². The van der Waals surface area contributed by atoms with Crippen LogP contribution < -0.4 is 11.2 Å². The lowest BCUT2D eigenvalue weighted by atomic mass is 10.2. The van der Waals surface area contributed by atoms with Crippen molar-refractivity contribution in [3.05, 3.63) is 30.6 Å². The van der Waals surface area contributed by atoms with Crippen LogP contribution in [0.15, 0.2) is 15.8 Å². The van der Waals surface area contributed by atoms with E-state index in [2.05, 4.69) is 4.98 Å². The first-order valence-corrected chi connectivity index (χ1v) is 6.94. The molecular weight excluding hydrogens is 383 g/mol. The van der Waals surface area contributed by atoms with E-state index in [4.69, 9.17) is 14.6 Å². The molecule has 2 heterocycles. The highest BCUT2D eigenvalue weighted by Gasteiger charge is 2.39. The summed E-state index contributed by atoms with van der Waals surface area (Å²) < 4.78 is 12.1. The van der Waals surface area contributed by atoms with Gasteiger partial charge in [-0.05, 0) is 22.6 Å². The molecule has 1 aliphatic rings. The molecule has 1 aromatic heterocycles. The molecule has 0 saturated carbocycles. The lowest BCUT2D eigenvalue weighted by Crippen LogP contribution is -2.37. The largest absolute Gasteiger partial charge is 0.458 e. The van der Waals surface area contributed by atoms with Gasteiger partial charge < -0.3 is 14.6 Å². The summed E-state index contributed by atoms with van der Waals surface area (Å²) in [5.41, 5.74) is -1.15. The van der Waals surface area contributed by atoms with Crippen LogP contribution in [0.25, 0.3) is 0 Å². The summed E-state index contributed by atoms with van der Waals surface area (Å²) in [6.07, 6.45) is -0.468. The Morgan fingerprint density at radius 1 is 1.65 bits per heavy atom. The Balaban J connectivity index is 2.38. The maximum absolute atomic E-state index is 11.8. The van der Waals surface area contributed by atoms with Gasteiger partial charge in [0.05, 0.1) is 16.3 Å². The van der Waals surface area contributed by atoms with Gasteiger partial charge in [-0.1, -0.05) is 0 Å². The van der Waals surface area contributed by atoms with E-state index in [-0.39, 0.29) is 13.0 Å². The first-order valence-electron chi connectivity index (χ1n) is 5.87. The second kappa shape index (κ2) is 6.06. The molecule has 1 aromatic rings. The Morgan fingerprint density at radius 2 is 2.35 bits per heavy atom. The van der Waals surface area contributed by atoms with Crippen LogP contribution in [0.3, 0.4) is 0 Å².